The highest BCUT2D eigenvalue weighted by Gasteiger charge is 2.44. The first kappa shape index (κ1) is 18.7. The molecular formula is C17H23ClN4O2S2. The van der Waals surface area contributed by atoms with Crippen molar-refractivity contribution in [3.8, 4) is 0 Å². The Labute approximate surface area is 166 Å². The fourth-order valence-corrected chi connectivity index (χ4v) is 5.61. The molecule has 0 amide bonds. The van der Waals surface area contributed by atoms with E-state index in [4.69, 9.17) is 16.3 Å². The number of thioether (sulfide) groups is 1. The van der Waals surface area contributed by atoms with Crippen LogP contribution in [-0.4, -0.2) is 56.7 Å². The Kier molecular flexibility index (Phi) is 5.59. The third-order valence-corrected chi connectivity index (χ3v) is 7.24. The van der Waals surface area contributed by atoms with Gasteiger partial charge in [0.2, 0.25) is 0 Å². The number of thiophene rings is 1. The third kappa shape index (κ3) is 3.68. The van der Waals surface area contributed by atoms with Crippen LogP contribution in [0.4, 0.5) is 0 Å². The first-order valence-corrected chi connectivity index (χ1v) is 11.4. The Bertz CT molecular complexity index is 758. The molecule has 2 aromatic heterocycles. The first-order valence-electron chi connectivity index (χ1n) is 8.82. The van der Waals surface area contributed by atoms with Crippen LogP contribution in [-0.2, 0) is 23.4 Å². The van der Waals surface area contributed by atoms with Crippen LogP contribution in [0, 0.1) is 0 Å². The summed E-state index contributed by atoms with van der Waals surface area (Å²) in [5, 5.41) is 18.7. The van der Waals surface area contributed by atoms with Crippen molar-refractivity contribution in [2.75, 3.05) is 31.7 Å². The zero-order chi connectivity index (χ0) is 18.1. The van der Waals surface area contributed by atoms with Crippen LogP contribution in [0.5, 0.6) is 0 Å². The molecule has 2 aromatic rings. The number of likely N-dealkylation sites (tertiary alicyclic amines) is 1. The number of aliphatic hydroxyl groups is 1. The van der Waals surface area contributed by atoms with Gasteiger partial charge in [0.05, 0.1) is 23.2 Å². The highest BCUT2D eigenvalue weighted by Crippen LogP contribution is 2.49. The lowest BCUT2D eigenvalue weighted by Gasteiger charge is -2.44. The molecule has 1 atom stereocenters. The number of nitrogens with zero attached hydrogens (tertiary/aromatic N) is 4. The number of ether oxygens (including phenoxy) is 1. The summed E-state index contributed by atoms with van der Waals surface area (Å²) in [6.45, 7) is 3.93. The second kappa shape index (κ2) is 7.77. The van der Waals surface area contributed by atoms with Gasteiger partial charge >= 0.3 is 0 Å². The SMILES string of the molecule is CSCCn1cc(CN2CCC3(CC2)OCC(O)c2cc(Cl)sc23)nn1. The summed E-state index contributed by atoms with van der Waals surface area (Å²) in [7, 11) is 0. The highest BCUT2D eigenvalue weighted by atomic mass is 35.5. The minimum Gasteiger partial charge on any atom is -0.386 e. The predicted octanol–water partition coefficient (Wildman–Crippen LogP) is 2.91. The molecule has 0 bridgehead atoms. The number of hydrogen-bond donors (Lipinski definition) is 1. The lowest BCUT2D eigenvalue weighted by Crippen LogP contribution is -2.46. The molecular weight excluding hydrogens is 392 g/mol. The Morgan fingerprint density at radius 3 is 3.04 bits per heavy atom. The average Bonchev–Trinajstić information content (AvgIpc) is 3.25. The Balaban J connectivity index is 1.40. The van der Waals surface area contributed by atoms with Gasteiger partial charge in [0.25, 0.3) is 0 Å². The van der Waals surface area contributed by atoms with Crippen LogP contribution >= 0.6 is 34.7 Å². The molecule has 1 N–H and O–H groups in total. The van der Waals surface area contributed by atoms with E-state index >= 15 is 0 Å². The van der Waals surface area contributed by atoms with E-state index in [2.05, 4.69) is 21.5 Å². The number of halogens is 1. The predicted molar refractivity (Wildman–Crippen MR) is 105 cm³/mol. The summed E-state index contributed by atoms with van der Waals surface area (Å²) in [5.74, 6) is 1.05. The minimum atomic E-state index is -0.561. The number of rotatable bonds is 5. The lowest BCUT2D eigenvalue weighted by atomic mass is 9.84. The van der Waals surface area contributed by atoms with E-state index in [9.17, 15) is 5.11 Å². The zero-order valence-electron chi connectivity index (χ0n) is 14.7. The summed E-state index contributed by atoms with van der Waals surface area (Å²) in [5.41, 5.74) is 1.68. The van der Waals surface area contributed by atoms with Gasteiger partial charge in [-0.25, -0.2) is 0 Å². The summed E-state index contributed by atoms with van der Waals surface area (Å²) >= 11 is 9.58. The van der Waals surface area contributed by atoms with Gasteiger partial charge in [-0.3, -0.25) is 9.58 Å². The van der Waals surface area contributed by atoms with Gasteiger partial charge in [-0.1, -0.05) is 16.8 Å². The van der Waals surface area contributed by atoms with Gasteiger partial charge in [0.15, 0.2) is 0 Å². The van der Waals surface area contributed by atoms with E-state index < -0.39 is 6.10 Å². The molecule has 4 rings (SSSR count). The van der Waals surface area contributed by atoms with Crippen LogP contribution < -0.4 is 0 Å². The fourth-order valence-electron chi connectivity index (χ4n) is 3.75. The van der Waals surface area contributed by atoms with Crippen LogP contribution in [0.25, 0.3) is 0 Å². The summed E-state index contributed by atoms with van der Waals surface area (Å²) in [6, 6.07) is 1.90. The molecule has 2 aliphatic heterocycles. The minimum absolute atomic E-state index is 0.293. The molecule has 9 heteroatoms. The van der Waals surface area contributed by atoms with Crippen LogP contribution in [0.15, 0.2) is 12.3 Å². The Morgan fingerprint density at radius 1 is 1.46 bits per heavy atom. The van der Waals surface area contributed by atoms with E-state index in [1.165, 1.54) is 0 Å². The van der Waals surface area contributed by atoms with Crippen molar-refractivity contribution in [2.45, 2.75) is 37.6 Å². The maximum Gasteiger partial charge on any atom is 0.105 e. The number of aryl methyl sites for hydroxylation is 1. The number of aliphatic hydroxyl groups excluding tert-OH is 1. The van der Waals surface area contributed by atoms with E-state index in [0.29, 0.717) is 6.61 Å². The fraction of sp³-hybridized carbons (Fsp3) is 0.647. The van der Waals surface area contributed by atoms with Crippen LogP contribution in [0.3, 0.4) is 0 Å². The molecule has 26 heavy (non-hydrogen) atoms. The molecule has 0 aromatic carbocycles. The van der Waals surface area contributed by atoms with Crippen molar-refractivity contribution in [3.05, 3.63) is 32.7 Å². The van der Waals surface area contributed by atoms with Crippen molar-refractivity contribution in [1.82, 2.24) is 19.9 Å². The third-order valence-electron chi connectivity index (χ3n) is 5.18. The molecule has 0 aliphatic carbocycles. The molecule has 4 heterocycles. The van der Waals surface area contributed by atoms with Gasteiger partial charge in [0.1, 0.15) is 11.7 Å². The highest BCUT2D eigenvalue weighted by molar-refractivity contribution is 7.98. The maximum absolute atomic E-state index is 10.2. The second-order valence-electron chi connectivity index (χ2n) is 6.90. The van der Waals surface area contributed by atoms with E-state index in [1.54, 1.807) is 11.3 Å². The second-order valence-corrected chi connectivity index (χ2v) is 9.57. The van der Waals surface area contributed by atoms with Gasteiger partial charge in [-0.05, 0) is 25.2 Å². The number of piperidine rings is 1. The van der Waals surface area contributed by atoms with Crippen molar-refractivity contribution in [2.24, 2.45) is 0 Å². The summed E-state index contributed by atoms with van der Waals surface area (Å²) < 4.78 is 8.79. The largest absolute Gasteiger partial charge is 0.386 e. The molecule has 1 spiro atoms. The van der Waals surface area contributed by atoms with Gasteiger partial charge in [-0.2, -0.15) is 11.8 Å². The molecule has 2 aliphatic rings. The standard InChI is InChI=1S/C17H23ClN4O2S2/c1-25-7-6-22-10-12(19-20-22)9-21-4-2-17(3-5-21)16-13(8-15(18)26-16)14(23)11-24-17/h8,10,14,23H,2-7,9,11H2,1H3. The Hall–Kier alpha value is -0.640. The van der Waals surface area contributed by atoms with Crippen LogP contribution in [0.1, 0.15) is 35.1 Å². The molecule has 0 saturated carbocycles. The maximum atomic E-state index is 10.2. The van der Waals surface area contributed by atoms with Gasteiger partial charge in [-0.15, -0.1) is 16.4 Å². The Morgan fingerprint density at radius 2 is 2.27 bits per heavy atom. The molecule has 1 unspecified atom stereocenters. The summed E-state index contributed by atoms with van der Waals surface area (Å²) in [4.78, 5) is 3.51. The number of hydrogen-bond acceptors (Lipinski definition) is 7. The van der Waals surface area contributed by atoms with Crippen LogP contribution in [0.2, 0.25) is 4.34 Å². The molecule has 1 fully saturated rings. The quantitative estimate of drug-likeness (QED) is 0.811. The number of fused-ring (bicyclic) bond motifs is 2. The smallest absolute Gasteiger partial charge is 0.105 e. The molecule has 6 nitrogen and oxygen atoms in total. The lowest BCUT2D eigenvalue weighted by molar-refractivity contribution is -0.129. The molecule has 1 saturated heterocycles. The molecule has 142 valence electrons. The van der Waals surface area contributed by atoms with Crippen molar-refractivity contribution in [1.29, 1.82) is 0 Å². The van der Waals surface area contributed by atoms with E-state index in [1.807, 2.05) is 28.7 Å². The van der Waals surface area contributed by atoms with Crippen molar-refractivity contribution in [3.63, 3.8) is 0 Å². The van der Waals surface area contributed by atoms with E-state index in [0.717, 1.165) is 65.2 Å². The van der Waals surface area contributed by atoms with Crippen molar-refractivity contribution < 1.29 is 9.84 Å². The normalized spacial score (nSPS) is 22.7. The monoisotopic (exact) mass is 414 g/mol. The topological polar surface area (TPSA) is 63.4 Å². The van der Waals surface area contributed by atoms with Gasteiger partial charge in [0, 0.05) is 42.0 Å². The van der Waals surface area contributed by atoms with Gasteiger partial charge < -0.3 is 9.84 Å². The van der Waals surface area contributed by atoms with E-state index in [-0.39, 0.29) is 5.60 Å². The zero-order valence-corrected chi connectivity index (χ0v) is 17.1. The average molecular weight is 415 g/mol. The molecule has 0 radical (unpaired) electrons. The summed E-state index contributed by atoms with van der Waals surface area (Å²) in [6.07, 6.45) is 5.40. The first-order chi connectivity index (χ1) is 12.6. The number of aromatic nitrogens is 3. The van der Waals surface area contributed by atoms with Crippen molar-refractivity contribution >= 4 is 34.7 Å².